The van der Waals surface area contributed by atoms with E-state index in [2.05, 4.69) is 15.0 Å². The van der Waals surface area contributed by atoms with Gasteiger partial charge in [-0.1, -0.05) is 19.0 Å². The van der Waals surface area contributed by atoms with Crippen LogP contribution in [0.2, 0.25) is 0 Å². The van der Waals surface area contributed by atoms with E-state index >= 15 is 0 Å². The smallest absolute Gasteiger partial charge is 0.229 e. The molecule has 0 atom stereocenters. The van der Waals surface area contributed by atoms with Crippen molar-refractivity contribution in [2.75, 3.05) is 11.4 Å². The fourth-order valence-corrected chi connectivity index (χ4v) is 2.59. The number of carbonyl (C=O) groups is 1. The number of nitrogens with zero attached hydrogens (tertiary/aromatic N) is 3. The summed E-state index contributed by atoms with van der Waals surface area (Å²) in [7, 11) is 0. The first-order chi connectivity index (χ1) is 10.0. The molecule has 1 aliphatic heterocycles. The van der Waals surface area contributed by atoms with Crippen LogP contribution in [0.3, 0.4) is 0 Å². The van der Waals surface area contributed by atoms with Gasteiger partial charge in [0, 0.05) is 23.7 Å². The summed E-state index contributed by atoms with van der Waals surface area (Å²) in [6, 6.07) is 5.89. The Bertz CT molecular complexity index is 676. The molecular formula is C16H19N3O2. The van der Waals surface area contributed by atoms with Gasteiger partial charge in [0.15, 0.2) is 11.6 Å². The first-order valence-electron chi connectivity index (χ1n) is 7.26. The molecule has 3 rings (SSSR count). The molecule has 0 saturated heterocycles. The second-order valence-electron chi connectivity index (χ2n) is 5.77. The molecule has 1 aromatic heterocycles. The Morgan fingerprint density at radius 1 is 1.43 bits per heavy atom. The second kappa shape index (κ2) is 5.31. The highest BCUT2D eigenvalue weighted by Crippen LogP contribution is 2.30. The van der Waals surface area contributed by atoms with Crippen LogP contribution >= 0.6 is 0 Å². The van der Waals surface area contributed by atoms with Crippen LogP contribution < -0.4 is 4.90 Å². The van der Waals surface area contributed by atoms with Gasteiger partial charge in [0.1, 0.15) is 0 Å². The van der Waals surface area contributed by atoms with E-state index in [1.807, 2.05) is 32.0 Å². The van der Waals surface area contributed by atoms with Crippen molar-refractivity contribution in [3.05, 3.63) is 41.0 Å². The lowest BCUT2D eigenvalue weighted by Gasteiger charge is -2.17. The zero-order valence-corrected chi connectivity index (χ0v) is 12.6. The minimum absolute atomic E-state index is 0.107. The second-order valence-corrected chi connectivity index (χ2v) is 5.77. The molecule has 0 unspecified atom stereocenters. The minimum Gasteiger partial charge on any atom is -0.363 e. The predicted octanol–water partition coefficient (Wildman–Crippen LogP) is 2.96. The minimum atomic E-state index is 0.107. The molecule has 21 heavy (non-hydrogen) atoms. The number of rotatable bonds is 4. The molecule has 2 aromatic rings. The first-order valence-corrected chi connectivity index (χ1v) is 7.26. The van der Waals surface area contributed by atoms with Crippen LogP contribution in [-0.4, -0.2) is 22.5 Å². The molecule has 0 aliphatic carbocycles. The van der Waals surface area contributed by atoms with Crippen molar-refractivity contribution in [3.8, 4) is 0 Å². The van der Waals surface area contributed by atoms with E-state index in [1.165, 1.54) is 5.56 Å². The topological polar surface area (TPSA) is 59.2 Å². The van der Waals surface area contributed by atoms with Crippen LogP contribution in [0.4, 0.5) is 5.69 Å². The Balaban J connectivity index is 1.79. The monoisotopic (exact) mass is 285 g/mol. The fourth-order valence-electron chi connectivity index (χ4n) is 2.59. The molecular weight excluding hydrogens is 266 g/mol. The molecule has 0 bridgehead atoms. The highest BCUT2D eigenvalue weighted by Gasteiger charge is 2.22. The van der Waals surface area contributed by atoms with Crippen molar-refractivity contribution in [1.29, 1.82) is 0 Å². The molecule has 0 fully saturated rings. The number of aromatic nitrogens is 2. The van der Waals surface area contributed by atoms with Crippen molar-refractivity contribution in [2.24, 2.45) is 0 Å². The number of ketones is 1. The third-order valence-electron chi connectivity index (χ3n) is 3.79. The summed E-state index contributed by atoms with van der Waals surface area (Å²) in [5.74, 6) is 1.74. The Kier molecular flexibility index (Phi) is 3.49. The first kappa shape index (κ1) is 13.8. The summed E-state index contributed by atoms with van der Waals surface area (Å²) in [5, 5.41) is 4.04. The average molecular weight is 285 g/mol. The average Bonchev–Trinajstić information content (AvgIpc) is 3.06. The van der Waals surface area contributed by atoms with Gasteiger partial charge in [0.05, 0.1) is 6.54 Å². The van der Waals surface area contributed by atoms with Gasteiger partial charge in [-0.3, -0.25) is 4.79 Å². The molecule has 0 spiro atoms. The molecule has 0 N–H and O–H groups in total. The summed E-state index contributed by atoms with van der Waals surface area (Å²) in [6.07, 6.45) is 0.950. The van der Waals surface area contributed by atoms with Crippen LogP contribution in [0.25, 0.3) is 0 Å². The van der Waals surface area contributed by atoms with Gasteiger partial charge in [-0.15, -0.1) is 0 Å². The van der Waals surface area contributed by atoms with Gasteiger partial charge in [0.25, 0.3) is 0 Å². The molecule has 5 nitrogen and oxygen atoms in total. The molecule has 1 aliphatic rings. The molecule has 2 heterocycles. The van der Waals surface area contributed by atoms with Crippen molar-refractivity contribution < 1.29 is 9.32 Å². The van der Waals surface area contributed by atoms with Crippen LogP contribution in [0, 0.1) is 0 Å². The fraction of sp³-hybridized carbons (Fsp3) is 0.438. The number of hydrogen-bond acceptors (Lipinski definition) is 5. The van der Waals surface area contributed by atoms with Crippen molar-refractivity contribution in [3.63, 3.8) is 0 Å². The lowest BCUT2D eigenvalue weighted by Crippen LogP contribution is -2.20. The highest BCUT2D eigenvalue weighted by atomic mass is 16.5. The Labute approximate surface area is 124 Å². The predicted molar refractivity (Wildman–Crippen MR) is 79.6 cm³/mol. The van der Waals surface area contributed by atoms with Gasteiger partial charge in [0.2, 0.25) is 5.89 Å². The van der Waals surface area contributed by atoms with Crippen molar-refractivity contribution in [1.82, 2.24) is 10.1 Å². The third kappa shape index (κ3) is 2.68. The highest BCUT2D eigenvalue weighted by molar-refractivity contribution is 5.94. The number of benzene rings is 1. The Hall–Kier alpha value is -2.17. The van der Waals surface area contributed by atoms with Gasteiger partial charge in [-0.05, 0) is 37.1 Å². The third-order valence-corrected chi connectivity index (χ3v) is 3.79. The van der Waals surface area contributed by atoms with E-state index in [9.17, 15) is 4.79 Å². The van der Waals surface area contributed by atoms with Crippen LogP contribution in [0.5, 0.6) is 0 Å². The van der Waals surface area contributed by atoms with E-state index in [1.54, 1.807) is 6.92 Å². The van der Waals surface area contributed by atoms with E-state index in [-0.39, 0.29) is 11.7 Å². The molecule has 110 valence electrons. The van der Waals surface area contributed by atoms with Crippen LogP contribution in [0.1, 0.15) is 54.3 Å². The lowest BCUT2D eigenvalue weighted by molar-refractivity contribution is 0.101. The van der Waals surface area contributed by atoms with Crippen LogP contribution in [-0.2, 0) is 13.0 Å². The van der Waals surface area contributed by atoms with E-state index in [0.29, 0.717) is 18.3 Å². The lowest BCUT2D eigenvalue weighted by atomic mass is 10.1. The molecule has 0 radical (unpaired) electrons. The maximum atomic E-state index is 11.4. The van der Waals surface area contributed by atoms with Gasteiger partial charge < -0.3 is 9.42 Å². The number of Topliss-reactive ketones (excluding diaryl/α,β-unsaturated/α-hetero) is 1. The number of carbonyl (C=O) groups excluding carboxylic acids is 1. The van der Waals surface area contributed by atoms with Crippen molar-refractivity contribution >= 4 is 11.5 Å². The number of anilines is 1. The summed E-state index contributed by atoms with van der Waals surface area (Å²) in [4.78, 5) is 18.1. The van der Waals surface area contributed by atoms with E-state index in [0.717, 1.165) is 24.2 Å². The quantitative estimate of drug-likeness (QED) is 0.808. The molecule has 0 saturated carbocycles. The summed E-state index contributed by atoms with van der Waals surface area (Å²) >= 11 is 0. The van der Waals surface area contributed by atoms with E-state index in [4.69, 9.17) is 4.52 Å². The molecule has 0 amide bonds. The molecule has 5 heteroatoms. The zero-order valence-electron chi connectivity index (χ0n) is 12.6. The van der Waals surface area contributed by atoms with Gasteiger partial charge in [-0.25, -0.2) is 0 Å². The maximum Gasteiger partial charge on any atom is 0.229 e. The zero-order chi connectivity index (χ0) is 15.0. The maximum absolute atomic E-state index is 11.4. The summed E-state index contributed by atoms with van der Waals surface area (Å²) in [6.45, 7) is 7.23. The summed E-state index contributed by atoms with van der Waals surface area (Å²) < 4.78 is 5.24. The normalized spacial score (nSPS) is 13.8. The standard InChI is InChI=1S/C16H19N3O2/c1-10(2)16-17-15(18-21-16)9-19-7-6-13-8-12(11(3)20)4-5-14(13)19/h4-5,8,10H,6-7,9H2,1-3H3. The number of fused-ring (bicyclic) bond motifs is 1. The Morgan fingerprint density at radius 3 is 2.90 bits per heavy atom. The van der Waals surface area contributed by atoms with Crippen molar-refractivity contribution in [2.45, 2.75) is 39.7 Å². The largest absolute Gasteiger partial charge is 0.363 e. The van der Waals surface area contributed by atoms with Gasteiger partial charge in [-0.2, -0.15) is 4.98 Å². The van der Waals surface area contributed by atoms with E-state index < -0.39 is 0 Å². The SMILES string of the molecule is CC(=O)c1ccc2c(c1)CCN2Cc1noc(C(C)C)n1. The Morgan fingerprint density at radius 2 is 2.24 bits per heavy atom. The molecule has 1 aromatic carbocycles. The van der Waals surface area contributed by atoms with Crippen LogP contribution in [0.15, 0.2) is 22.7 Å². The van der Waals surface area contributed by atoms with Gasteiger partial charge >= 0.3 is 0 Å². The summed E-state index contributed by atoms with van der Waals surface area (Å²) in [5.41, 5.74) is 3.16. The number of hydrogen-bond donors (Lipinski definition) is 0.